The molecule has 9 heteroatoms. The molecule has 1 fully saturated rings. The Kier molecular flexibility index (Phi) is 8.30. The number of carbonyl (C=O) groups is 3. The number of nitrogens with two attached hydrogens (primary N) is 1. The van der Waals surface area contributed by atoms with Crippen LogP contribution >= 0.6 is 0 Å². The second-order valence-corrected chi connectivity index (χ2v) is 11.1. The van der Waals surface area contributed by atoms with Crippen LogP contribution in [0.4, 0.5) is 4.79 Å². The van der Waals surface area contributed by atoms with E-state index in [4.69, 9.17) is 10.5 Å². The van der Waals surface area contributed by atoms with Gasteiger partial charge in [-0.25, -0.2) is 4.79 Å². The first-order valence-electron chi connectivity index (χ1n) is 12.5. The first-order chi connectivity index (χ1) is 16.3. The summed E-state index contributed by atoms with van der Waals surface area (Å²) in [6, 6.07) is 4.20. The number of hydrogen-bond acceptors (Lipinski definition) is 6. The number of amides is 3. The van der Waals surface area contributed by atoms with Crippen molar-refractivity contribution in [2.75, 3.05) is 19.6 Å². The number of ether oxygens (including phenoxy) is 1. The van der Waals surface area contributed by atoms with E-state index < -0.39 is 17.7 Å². The van der Waals surface area contributed by atoms with Crippen LogP contribution in [0.15, 0.2) is 18.2 Å². The smallest absolute Gasteiger partial charge is 0.411 e. The Hall–Kier alpha value is -2.81. The van der Waals surface area contributed by atoms with Gasteiger partial charge in [0.25, 0.3) is 0 Å². The quantitative estimate of drug-likeness (QED) is 0.565. The summed E-state index contributed by atoms with van der Waals surface area (Å²) in [5, 5.41) is 13.1. The van der Waals surface area contributed by atoms with Crippen LogP contribution in [0, 0.1) is 11.8 Å². The van der Waals surface area contributed by atoms with Crippen LogP contribution in [-0.4, -0.2) is 70.1 Å². The fourth-order valence-electron chi connectivity index (χ4n) is 4.70. The number of nitrogens with one attached hydrogen (secondary N) is 1. The van der Waals surface area contributed by atoms with E-state index in [1.165, 1.54) is 4.90 Å². The molecule has 1 aromatic carbocycles. The number of aromatic hydroxyl groups is 1. The number of benzene rings is 1. The molecule has 9 nitrogen and oxygen atoms in total. The van der Waals surface area contributed by atoms with Crippen LogP contribution < -0.4 is 11.1 Å². The normalized spacial score (nSPS) is 20.3. The molecule has 0 aliphatic carbocycles. The number of hydrogen-bond donors (Lipinski definition) is 3. The van der Waals surface area contributed by atoms with E-state index in [2.05, 4.69) is 24.1 Å². The lowest BCUT2D eigenvalue weighted by atomic mass is 9.92. The van der Waals surface area contributed by atoms with Crippen molar-refractivity contribution in [2.24, 2.45) is 17.6 Å². The maximum Gasteiger partial charge on any atom is 0.411 e. The van der Waals surface area contributed by atoms with E-state index in [0.717, 1.165) is 37.1 Å². The van der Waals surface area contributed by atoms with Gasteiger partial charge in [0.1, 0.15) is 17.4 Å². The number of nitrogens with zero attached hydrogens (tertiary/aromatic N) is 2. The van der Waals surface area contributed by atoms with E-state index in [1.807, 2.05) is 0 Å². The maximum atomic E-state index is 13.6. The fraction of sp³-hybridized carbons (Fsp3) is 0.654. The summed E-state index contributed by atoms with van der Waals surface area (Å²) in [6.45, 7) is 11.9. The summed E-state index contributed by atoms with van der Waals surface area (Å²) >= 11 is 0. The standard InChI is InChI=1S/C26H40N4O5/c1-16(2)21(15-29-10-8-17(9-11-29)23(27)32)28-24(33)22-13-18-6-7-20(31)12-19(18)14-30(22)25(34)35-26(3,4)5/h6-7,12,16-17,21-22,31H,8-11,13-15H2,1-5H3,(H2,27,32)(H,28,33)/t21-,22-/m1/s1. The minimum atomic E-state index is -0.719. The van der Waals surface area contributed by atoms with Gasteiger partial charge in [0, 0.05) is 24.9 Å². The van der Waals surface area contributed by atoms with Gasteiger partial charge in [-0.05, 0) is 75.9 Å². The highest BCUT2D eigenvalue weighted by Gasteiger charge is 2.38. The number of primary amides is 1. The number of piperidine rings is 1. The van der Waals surface area contributed by atoms with E-state index in [-0.39, 0.29) is 42.0 Å². The molecule has 2 aliphatic rings. The lowest BCUT2D eigenvalue weighted by molar-refractivity contribution is -0.128. The van der Waals surface area contributed by atoms with Crippen molar-refractivity contribution in [3.05, 3.63) is 29.3 Å². The molecule has 3 rings (SSSR count). The van der Waals surface area contributed by atoms with E-state index in [1.54, 1.807) is 39.0 Å². The van der Waals surface area contributed by atoms with Crippen molar-refractivity contribution in [3.63, 3.8) is 0 Å². The van der Waals surface area contributed by atoms with Crippen molar-refractivity contribution in [2.45, 2.75) is 78.1 Å². The molecule has 1 saturated heterocycles. The number of fused-ring (bicyclic) bond motifs is 1. The zero-order valence-corrected chi connectivity index (χ0v) is 21.5. The van der Waals surface area contributed by atoms with Crippen molar-refractivity contribution in [1.82, 2.24) is 15.1 Å². The predicted octanol–water partition coefficient (Wildman–Crippen LogP) is 2.39. The highest BCUT2D eigenvalue weighted by molar-refractivity contribution is 5.87. The molecule has 4 N–H and O–H groups in total. The highest BCUT2D eigenvalue weighted by Crippen LogP contribution is 2.28. The zero-order valence-electron chi connectivity index (χ0n) is 21.5. The van der Waals surface area contributed by atoms with Crippen molar-refractivity contribution in [3.8, 4) is 5.75 Å². The molecule has 3 amide bonds. The molecule has 0 spiro atoms. The second-order valence-electron chi connectivity index (χ2n) is 11.1. The van der Waals surface area contributed by atoms with E-state index in [9.17, 15) is 19.5 Å². The summed E-state index contributed by atoms with van der Waals surface area (Å²) in [5.74, 6) is -0.249. The number of rotatable bonds is 6. The molecule has 0 aromatic heterocycles. The molecular formula is C26H40N4O5. The second kappa shape index (κ2) is 10.8. The van der Waals surface area contributed by atoms with Crippen LogP contribution in [0.3, 0.4) is 0 Å². The van der Waals surface area contributed by atoms with Crippen molar-refractivity contribution >= 4 is 17.9 Å². The van der Waals surface area contributed by atoms with Crippen LogP contribution in [0.2, 0.25) is 0 Å². The molecule has 0 saturated carbocycles. The molecule has 194 valence electrons. The third-order valence-electron chi connectivity index (χ3n) is 6.83. The average Bonchev–Trinajstić information content (AvgIpc) is 2.76. The lowest BCUT2D eigenvalue weighted by Crippen LogP contribution is -2.57. The van der Waals surface area contributed by atoms with Gasteiger partial charge < -0.3 is 25.8 Å². The number of phenolic OH excluding ortho intramolecular Hbond substituents is 1. The van der Waals surface area contributed by atoms with Crippen LogP contribution in [0.5, 0.6) is 5.75 Å². The predicted molar refractivity (Wildman–Crippen MR) is 133 cm³/mol. The van der Waals surface area contributed by atoms with Gasteiger partial charge in [-0.3, -0.25) is 14.5 Å². The Bertz CT molecular complexity index is 934. The van der Waals surface area contributed by atoms with Gasteiger partial charge in [-0.2, -0.15) is 0 Å². The minimum absolute atomic E-state index is 0.0810. The van der Waals surface area contributed by atoms with Crippen LogP contribution in [-0.2, 0) is 27.3 Å². The molecule has 2 heterocycles. The SMILES string of the molecule is CC(C)[C@@H](CN1CCC(C(N)=O)CC1)NC(=O)[C@H]1Cc2ccc(O)cc2CN1C(=O)OC(C)(C)C. The van der Waals surface area contributed by atoms with Crippen molar-refractivity contribution in [1.29, 1.82) is 0 Å². The number of likely N-dealkylation sites (tertiary alicyclic amines) is 1. The monoisotopic (exact) mass is 488 g/mol. The van der Waals surface area contributed by atoms with Gasteiger partial charge >= 0.3 is 6.09 Å². The maximum absolute atomic E-state index is 13.6. The number of phenols is 1. The minimum Gasteiger partial charge on any atom is -0.508 e. The summed E-state index contributed by atoms with van der Waals surface area (Å²) in [7, 11) is 0. The average molecular weight is 489 g/mol. The van der Waals surface area contributed by atoms with Crippen LogP contribution in [0.25, 0.3) is 0 Å². The Morgan fingerprint density at radius 2 is 1.83 bits per heavy atom. The third kappa shape index (κ3) is 7.10. The first-order valence-corrected chi connectivity index (χ1v) is 12.5. The summed E-state index contributed by atoms with van der Waals surface area (Å²) < 4.78 is 5.60. The van der Waals surface area contributed by atoms with E-state index in [0.29, 0.717) is 13.0 Å². The Balaban J connectivity index is 1.74. The highest BCUT2D eigenvalue weighted by atomic mass is 16.6. The first kappa shape index (κ1) is 26.8. The van der Waals surface area contributed by atoms with E-state index >= 15 is 0 Å². The van der Waals surface area contributed by atoms with Gasteiger partial charge in [-0.15, -0.1) is 0 Å². The largest absolute Gasteiger partial charge is 0.508 e. The summed E-state index contributed by atoms with van der Waals surface area (Å²) in [5.41, 5.74) is 6.49. The van der Waals surface area contributed by atoms with Gasteiger partial charge in [-0.1, -0.05) is 19.9 Å². The number of carbonyl (C=O) groups excluding carboxylic acids is 3. The van der Waals surface area contributed by atoms with Crippen molar-refractivity contribution < 1.29 is 24.2 Å². The Morgan fingerprint density at radius 3 is 2.40 bits per heavy atom. The molecule has 1 aromatic rings. The van der Waals surface area contributed by atoms with Crippen LogP contribution in [0.1, 0.15) is 58.6 Å². The molecule has 35 heavy (non-hydrogen) atoms. The Morgan fingerprint density at radius 1 is 1.17 bits per heavy atom. The van der Waals surface area contributed by atoms with Gasteiger partial charge in [0.05, 0.1) is 6.54 Å². The molecule has 0 bridgehead atoms. The van der Waals surface area contributed by atoms with Gasteiger partial charge in [0.15, 0.2) is 0 Å². The molecule has 0 unspecified atom stereocenters. The summed E-state index contributed by atoms with van der Waals surface area (Å²) in [6.07, 6.45) is 1.25. The topological polar surface area (TPSA) is 125 Å². The molecular weight excluding hydrogens is 448 g/mol. The molecule has 2 aliphatic heterocycles. The van der Waals surface area contributed by atoms with Gasteiger partial charge in [0.2, 0.25) is 11.8 Å². The molecule has 2 atom stereocenters. The Labute approximate surface area is 208 Å². The lowest BCUT2D eigenvalue weighted by Gasteiger charge is -2.39. The summed E-state index contributed by atoms with van der Waals surface area (Å²) in [4.78, 5) is 41.8. The fourth-order valence-corrected chi connectivity index (χ4v) is 4.70. The molecule has 0 radical (unpaired) electrons. The zero-order chi connectivity index (χ0) is 25.9. The third-order valence-corrected chi connectivity index (χ3v) is 6.83.